The van der Waals surface area contributed by atoms with E-state index in [1.807, 2.05) is 39.0 Å². The van der Waals surface area contributed by atoms with Gasteiger partial charge in [-0.25, -0.2) is 0 Å². The zero-order chi connectivity index (χ0) is 12.3. The van der Waals surface area contributed by atoms with Crippen LogP contribution in [0.25, 0.3) is 0 Å². The number of carbonyl (C=O) groups excluding carboxylic acids is 1. The van der Waals surface area contributed by atoms with Gasteiger partial charge in [-0.2, -0.15) is 0 Å². The van der Waals surface area contributed by atoms with Crippen LogP contribution in [0.1, 0.15) is 42.3 Å². The first-order chi connectivity index (χ1) is 7.43. The highest BCUT2D eigenvalue weighted by Gasteiger charge is 2.14. The standard InChI is InChI=1S/C14H21NO/c1-9(2)12(5)15-14(16)13-8-6-7-10(3)11(13)4/h6-9,12H,1-5H3,(H,15,16). The molecule has 2 heteroatoms. The highest BCUT2D eigenvalue weighted by molar-refractivity contribution is 5.96. The van der Waals surface area contributed by atoms with E-state index in [1.54, 1.807) is 0 Å². The summed E-state index contributed by atoms with van der Waals surface area (Å²) in [7, 11) is 0. The number of rotatable bonds is 3. The van der Waals surface area contributed by atoms with E-state index >= 15 is 0 Å². The van der Waals surface area contributed by atoms with Gasteiger partial charge in [0, 0.05) is 11.6 Å². The molecule has 0 radical (unpaired) electrons. The van der Waals surface area contributed by atoms with Gasteiger partial charge in [0.2, 0.25) is 0 Å². The van der Waals surface area contributed by atoms with Gasteiger partial charge in [-0.05, 0) is 43.9 Å². The maximum Gasteiger partial charge on any atom is 0.251 e. The summed E-state index contributed by atoms with van der Waals surface area (Å²) >= 11 is 0. The average Bonchev–Trinajstić information content (AvgIpc) is 2.21. The van der Waals surface area contributed by atoms with E-state index in [4.69, 9.17) is 0 Å². The predicted octanol–water partition coefficient (Wildman–Crippen LogP) is 3.08. The first-order valence-electron chi connectivity index (χ1n) is 5.80. The largest absolute Gasteiger partial charge is 0.349 e. The van der Waals surface area contributed by atoms with Gasteiger partial charge < -0.3 is 5.32 Å². The Morgan fingerprint density at radius 2 is 1.81 bits per heavy atom. The topological polar surface area (TPSA) is 29.1 Å². The van der Waals surface area contributed by atoms with Gasteiger partial charge in [-0.3, -0.25) is 4.79 Å². The Hall–Kier alpha value is -1.31. The minimum atomic E-state index is 0.0300. The van der Waals surface area contributed by atoms with Crippen LogP contribution >= 0.6 is 0 Å². The van der Waals surface area contributed by atoms with Crippen molar-refractivity contribution in [1.82, 2.24) is 5.32 Å². The van der Waals surface area contributed by atoms with Crippen LogP contribution in [0.5, 0.6) is 0 Å². The van der Waals surface area contributed by atoms with Crippen molar-refractivity contribution in [2.75, 3.05) is 0 Å². The van der Waals surface area contributed by atoms with Crippen LogP contribution < -0.4 is 5.32 Å². The van der Waals surface area contributed by atoms with Gasteiger partial charge in [0.15, 0.2) is 0 Å². The molecule has 0 aliphatic rings. The van der Waals surface area contributed by atoms with Crippen LogP contribution in [0.4, 0.5) is 0 Å². The van der Waals surface area contributed by atoms with Gasteiger partial charge in [0.25, 0.3) is 5.91 Å². The zero-order valence-corrected chi connectivity index (χ0v) is 10.8. The molecule has 1 atom stereocenters. The number of amides is 1. The van der Waals surface area contributed by atoms with E-state index in [0.717, 1.165) is 16.7 Å². The van der Waals surface area contributed by atoms with E-state index in [2.05, 4.69) is 19.2 Å². The average molecular weight is 219 g/mol. The fourth-order valence-electron chi connectivity index (χ4n) is 1.45. The second-order valence-electron chi connectivity index (χ2n) is 4.75. The monoisotopic (exact) mass is 219 g/mol. The van der Waals surface area contributed by atoms with E-state index in [0.29, 0.717) is 5.92 Å². The van der Waals surface area contributed by atoms with Crippen molar-refractivity contribution < 1.29 is 4.79 Å². The molecule has 1 amide bonds. The lowest BCUT2D eigenvalue weighted by Crippen LogP contribution is -2.36. The molecule has 1 N–H and O–H groups in total. The molecule has 16 heavy (non-hydrogen) atoms. The van der Waals surface area contributed by atoms with E-state index in [1.165, 1.54) is 0 Å². The molecule has 0 spiro atoms. The molecular weight excluding hydrogens is 198 g/mol. The summed E-state index contributed by atoms with van der Waals surface area (Å²) in [6, 6.07) is 6.03. The minimum absolute atomic E-state index is 0.0300. The third kappa shape index (κ3) is 2.84. The molecule has 0 aromatic heterocycles. The van der Waals surface area contributed by atoms with E-state index in [9.17, 15) is 4.79 Å². The van der Waals surface area contributed by atoms with Crippen molar-refractivity contribution in [3.05, 3.63) is 34.9 Å². The third-order valence-corrected chi connectivity index (χ3v) is 3.21. The molecule has 1 unspecified atom stereocenters. The molecular formula is C14H21NO. The number of hydrogen-bond donors (Lipinski definition) is 1. The van der Waals surface area contributed by atoms with Crippen LogP contribution in [0.2, 0.25) is 0 Å². The van der Waals surface area contributed by atoms with Crippen molar-refractivity contribution in [3.8, 4) is 0 Å². The molecule has 0 fully saturated rings. The fraction of sp³-hybridized carbons (Fsp3) is 0.500. The lowest BCUT2D eigenvalue weighted by Gasteiger charge is -2.18. The van der Waals surface area contributed by atoms with Crippen LogP contribution in [0, 0.1) is 19.8 Å². The highest BCUT2D eigenvalue weighted by atomic mass is 16.1. The lowest BCUT2D eigenvalue weighted by molar-refractivity contribution is 0.0930. The summed E-state index contributed by atoms with van der Waals surface area (Å²) in [5, 5.41) is 3.02. The molecule has 1 aromatic rings. The number of nitrogens with one attached hydrogen (secondary N) is 1. The highest BCUT2D eigenvalue weighted by Crippen LogP contribution is 2.13. The van der Waals surface area contributed by atoms with Gasteiger partial charge in [-0.1, -0.05) is 26.0 Å². The van der Waals surface area contributed by atoms with Gasteiger partial charge in [0.1, 0.15) is 0 Å². The van der Waals surface area contributed by atoms with Gasteiger partial charge in [0.05, 0.1) is 0 Å². The molecule has 0 aliphatic carbocycles. The van der Waals surface area contributed by atoms with Crippen molar-refractivity contribution in [3.63, 3.8) is 0 Å². The smallest absolute Gasteiger partial charge is 0.251 e. The van der Waals surface area contributed by atoms with E-state index in [-0.39, 0.29) is 11.9 Å². The van der Waals surface area contributed by atoms with Crippen LogP contribution in [-0.4, -0.2) is 11.9 Å². The second kappa shape index (κ2) is 5.15. The van der Waals surface area contributed by atoms with Gasteiger partial charge >= 0.3 is 0 Å². The Labute approximate surface area is 98.1 Å². The maximum atomic E-state index is 12.0. The van der Waals surface area contributed by atoms with Crippen LogP contribution in [0.15, 0.2) is 18.2 Å². The Kier molecular flexibility index (Phi) is 4.11. The van der Waals surface area contributed by atoms with E-state index < -0.39 is 0 Å². The minimum Gasteiger partial charge on any atom is -0.349 e. The summed E-state index contributed by atoms with van der Waals surface area (Å²) in [6.45, 7) is 10.3. The predicted molar refractivity (Wildman–Crippen MR) is 67.7 cm³/mol. The first kappa shape index (κ1) is 12.8. The molecule has 0 saturated heterocycles. The summed E-state index contributed by atoms with van der Waals surface area (Å²) in [5.41, 5.74) is 3.01. The molecule has 1 aromatic carbocycles. The first-order valence-corrected chi connectivity index (χ1v) is 5.80. The molecule has 88 valence electrons. The number of benzene rings is 1. The summed E-state index contributed by atoms with van der Waals surface area (Å²) in [4.78, 5) is 12.0. The summed E-state index contributed by atoms with van der Waals surface area (Å²) in [5.74, 6) is 0.483. The van der Waals surface area contributed by atoms with Gasteiger partial charge in [-0.15, -0.1) is 0 Å². The van der Waals surface area contributed by atoms with Crippen molar-refractivity contribution in [2.45, 2.75) is 40.7 Å². The molecule has 0 aliphatic heterocycles. The Bertz CT molecular complexity index is 382. The van der Waals surface area contributed by atoms with Crippen LogP contribution in [-0.2, 0) is 0 Å². The second-order valence-corrected chi connectivity index (χ2v) is 4.75. The summed E-state index contributed by atoms with van der Waals surface area (Å²) < 4.78 is 0. The Morgan fingerprint density at radius 3 is 2.38 bits per heavy atom. The van der Waals surface area contributed by atoms with Crippen molar-refractivity contribution in [2.24, 2.45) is 5.92 Å². The normalized spacial score (nSPS) is 12.6. The Balaban J connectivity index is 2.85. The van der Waals surface area contributed by atoms with Crippen LogP contribution in [0.3, 0.4) is 0 Å². The SMILES string of the molecule is Cc1cccc(C(=O)NC(C)C(C)C)c1C. The number of aryl methyl sites for hydroxylation is 1. The van der Waals surface area contributed by atoms with Crippen molar-refractivity contribution >= 4 is 5.91 Å². The maximum absolute atomic E-state index is 12.0. The molecule has 0 heterocycles. The zero-order valence-electron chi connectivity index (χ0n) is 10.8. The number of hydrogen-bond acceptors (Lipinski definition) is 1. The molecule has 1 rings (SSSR count). The molecule has 0 saturated carbocycles. The quantitative estimate of drug-likeness (QED) is 0.831. The molecule has 0 bridgehead atoms. The third-order valence-electron chi connectivity index (χ3n) is 3.21. The lowest BCUT2D eigenvalue weighted by atomic mass is 10.0. The molecule has 2 nitrogen and oxygen atoms in total. The van der Waals surface area contributed by atoms with Crippen molar-refractivity contribution in [1.29, 1.82) is 0 Å². The number of carbonyl (C=O) groups is 1. The Morgan fingerprint density at radius 1 is 1.19 bits per heavy atom. The summed E-state index contributed by atoms with van der Waals surface area (Å²) in [6.07, 6.45) is 0. The fourth-order valence-corrected chi connectivity index (χ4v) is 1.45.